The summed E-state index contributed by atoms with van der Waals surface area (Å²) < 4.78 is 5.47. The van der Waals surface area contributed by atoms with E-state index in [-0.39, 0.29) is 18.5 Å². The van der Waals surface area contributed by atoms with E-state index in [1.54, 1.807) is 6.08 Å². The van der Waals surface area contributed by atoms with Gasteiger partial charge in [-0.25, -0.2) is 0 Å². The predicted molar refractivity (Wildman–Crippen MR) is 273 cm³/mol. The molecule has 0 aromatic carbocycles. The minimum absolute atomic E-state index is 0.0186. The highest BCUT2D eigenvalue weighted by Crippen LogP contribution is 2.16. The summed E-state index contributed by atoms with van der Waals surface area (Å²) in [6, 6.07) is -0.640. The summed E-state index contributed by atoms with van der Waals surface area (Å²) in [6.45, 7) is 4.85. The number of unbranched alkanes of at least 4 members (excludes halogenated alkanes) is 36. The fraction of sp³-hybridized carbons (Fsp3) is 0.860. The third-order valence-electron chi connectivity index (χ3n) is 12.7. The third-order valence-corrected chi connectivity index (χ3v) is 12.7. The topological polar surface area (TPSA) is 95.9 Å². The number of esters is 1. The molecule has 1 amide bonds. The molecule has 370 valence electrons. The number of amides is 1. The lowest BCUT2D eigenvalue weighted by Gasteiger charge is -2.20. The van der Waals surface area contributed by atoms with Crippen molar-refractivity contribution in [1.82, 2.24) is 5.32 Å². The third kappa shape index (κ3) is 49.4. The number of carbonyl (C=O) groups is 2. The Kier molecular flexibility index (Phi) is 51.1. The van der Waals surface area contributed by atoms with Crippen molar-refractivity contribution in [2.24, 2.45) is 0 Å². The van der Waals surface area contributed by atoms with Gasteiger partial charge in [-0.3, -0.25) is 9.59 Å². The summed E-state index contributed by atoms with van der Waals surface area (Å²) >= 11 is 0. The standard InChI is InChI=1S/C57H107NO5/c1-3-5-7-9-11-13-15-17-19-21-23-25-29-33-37-41-45-49-55(60)54(53-59)58-56(61)50-46-42-38-34-30-27-28-32-36-40-44-48-52-63-57(62)51-47-43-39-35-31-26-24-22-20-18-16-14-12-10-8-6-4-2/h12,14,18,20,45,49,54-55,59-60H,3-11,13,15-17,19,21-44,46-48,50-53H2,1-2H3,(H,58,61)/b14-12-,20-18-,49-45+. The van der Waals surface area contributed by atoms with Crippen molar-refractivity contribution >= 4 is 11.9 Å². The van der Waals surface area contributed by atoms with Gasteiger partial charge in [0.25, 0.3) is 0 Å². The van der Waals surface area contributed by atoms with Crippen LogP contribution < -0.4 is 5.32 Å². The van der Waals surface area contributed by atoms with Crippen LogP contribution in [0.5, 0.6) is 0 Å². The lowest BCUT2D eigenvalue weighted by atomic mass is 10.0. The molecule has 2 atom stereocenters. The maximum absolute atomic E-state index is 12.5. The lowest BCUT2D eigenvalue weighted by molar-refractivity contribution is -0.143. The molecule has 0 aliphatic heterocycles. The van der Waals surface area contributed by atoms with E-state index in [0.29, 0.717) is 19.4 Å². The highest BCUT2D eigenvalue weighted by molar-refractivity contribution is 5.76. The molecule has 6 nitrogen and oxygen atoms in total. The number of nitrogens with one attached hydrogen (secondary N) is 1. The normalized spacial score (nSPS) is 12.9. The number of hydrogen-bond donors (Lipinski definition) is 3. The number of carbonyl (C=O) groups excluding carboxylic acids is 2. The second-order valence-corrected chi connectivity index (χ2v) is 18.9. The molecule has 0 aliphatic carbocycles. The Balaban J connectivity index is 3.49. The molecule has 2 unspecified atom stereocenters. The molecule has 63 heavy (non-hydrogen) atoms. The van der Waals surface area contributed by atoms with E-state index in [1.165, 1.54) is 199 Å². The predicted octanol–water partition coefficient (Wildman–Crippen LogP) is 16.9. The van der Waals surface area contributed by atoms with Gasteiger partial charge in [-0.15, -0.1) is 0 Å². The van der Waals surface area contributed by atoms with E-state index in [1.807, 2.05) is 6.08 Å². The number of rotatable bonds is 51. The number of ether oxygens (including phenoxy) is 1. The van der Waals surface area contributed by atoms with E-state index in [2.05, 4.69) is 43.5 Å². The second-order valence-electron chi connectivity index (χ2n) is 18.9. The van der Waals surface area contributed by atoms with Gasteiger partial charge in [-0.2, -0.15) is 0 Å². The van der Waals surface area contributed by atoms with E-state index >= 15 is 0 Å². The number of aliphatic hydroxyl groups is 2. The van der Waals surface area contributed by atoms with Crippen LogP contribution in [0.3, 0.4) is 0 Å². The maximum Gasteiger partial charge on any atom is 0.305 e. The molecule has 6 heteroatoms. The zero-order valence-electron chi connectivity index (χ0n) is 42.1. The SMILES string of the molecule is CCCCC/C=C\C/C=C\CCCCCCCCCC(=O)OCCCCCCCCCCCCCCC(=O)NC(CO)C(O)/C=C/CCCCCCCCCCCCCCCCC. The zero-order valence-corrected chi connectivity index (χ0v) is 42.1. The summed E-state index contributed by atoms with van der Waals surface area (Å²) in [5.41, 5.74) is 0. The molecule has 0 saturated carbocycles. The molecule has 0 heterocycles. The molecule has 0 rings (SSSR count). The molecule has 0 aromatic heterocycles. The lowest BCUT2D eigenvalue weighted by Crippen LogP contribution is -2.45. The average molecular weight is 886 g/mol. The molecule has 0 bridgehead atoms. The van der Waals surface area contributed by atoms with E-state index in [4.69, 9.17) is 4.74 Å². The van der Waals surface area contributed by atoms with Crippen LogP contribution in [-0.2, 0) is 14.3 Å². The van der Waals surface area contributed by atoms with Crippen LogP contribution in [0.2, 0.25) is 0 Å². The summed E-state index contributed by atoms with van der Waals surface area (Å²) in [6.07, 6.45) is 64.3. The van der Waals surface area contributed by atoms with E-state index in [9.17, 15) is 19.8 Å². The summed E-state index contributed by atoms with van der Waals surface area (Å²) in [5, 5.41) is 23.1. The Morgan fingerprint density at radius 2 is 0.794 bits per heavy atom. The van der Waals surface area contributed by atoms with E-state index < -0.39 is 12.1 Å². The Morgan fingerprint density at radius 1 is 0.444 bits per heavy atom. The Bertz CT molecular complexity index is 1020. The van der Waals surface area contributed by atoms with Crippen LogP contribution in [0.15, 0.2) is 36.5 Å². The van der Waals surface area contributed by atoms with Crippen molar-refractivity contribution < 1.29 is 24.5 Å². The first-order valence-electron chi connectivity index (χ1n) is 27.8. The van der Waals surface area contributed by atoms with Crippen LogP contribution in [0, 0.1) is 0 Å². The quantitative estimate of drug-likeness (QED) is 0.0321. The van der Waals surface area contributed by atoms with Gasteiger partial charge in [0.1, 0.15) is 0 Å². The first-order chi connectivity index (χ1) is 31.0. The van der Waals surface area contributed by atoms with Crippen molar-refractivity contribution in [2.45, 2.75) is 302 Å². The van der Waals surface area contributed by atoms with Crippen molar-refractivity contribution in [3.8, 4) is 0 Å². The Morgan fingerprint density at radius 3 is 1.24 bits per heavy atom. The molecular formula is C57H107NO5. The largest absolute Gasteiger partial charge is 0.466 e. The minimum Gasteiger partial charge on any atom is -0.466 e. The molecule has 0 saturated heterocycles. The van der Waals surface area contributed by atoms with Gasteiger partial charge < -0.3 is 20.3 Å². The average Bonchev–Trinajstić information content (AvgIpc) is 3.28. The van der Waals surface area contributed by atoms with Crippen molar-refractivity contribution in [3.63, 3.8) is 0 Å². The van der Waals surface area contributed by atoms with Crippen molar-refractivity contribution in [1.29, 1.82) is 0 Å². The van der Waals surface area contributed by atoms with Crippen LogP contribution in [-0.4, -0.2) is 47.4 Å². The van der Waals surface area contributed by atoms with Crippen LogP contribution >= 0.6 is 0 Å². The molecular weight excluding hydrogens is 779 g/mol. The van der Waals surface area contributed by atoms with Crippen molar-refractivity contribution in [3.05, 3.63) is 36.5 Å². The van der Waals surface area contributed by atoms with Crippen molar-refractivity contribution in [2.75, 3.05) is 13.2 Å². The molecule has 3 N–H and O–H groups in total. The highest BCUT2D eigenvalue weighted by atomic mass is 16.5. The molecule has 0 fully saturated rings. The summed E-state index contributed by atoms with van der Waals surface area (Å²) in [4.78, 5) is 24.5. The number of allylic oxidation sites excluding steroid dienone is 5. The number of hydrogen-bond acceptors (Lipinski definition) is 5. The van der Waals surface area contributed by atoms with Gasteiger partial charge >= 0.3 is 5.97 Å². The van der Waals surface area contributed by atoms with Crippen LogP contribution in [0.25, 0.3) is 0 Å². The molecule has 0 spiro atoms. The highest BCUT2D eigenvalue weighted by Gasteiger charge is 2.18. The Hall–Kier alpha value is -1.92. The van der Waals surface area contributed by atoms with Gasteiger partial charge in [-0.1, -0.05) is 249 Å². The van der Waals surface area contributed by atoms with Crippen LogP contribution in [0.1, 0.15) is 290 Å². The van der Waals surface area contributed by atoms with Gasteiger partial charge in [0.2, 0.25) is 5.91 Å². The zero-order chi connectivity index (χ0) is 45.8. The first kappa shape index (κ1) is 61.1. The number of aliphatic hydroxyl groups excluding tert-OH is 2. The minimum atomic E-state index is -0.856. The van der Waals surface area contributed by atoms with Gasteiger partial charge in [0, 0.05) is 12.8 Å². The Labute approximate surface area is 392 Å². The van der Waals surface area contributed by atoms with Crippen LogP contribution in [0.4, 0.5) is 0 Å². The summed E-state index contributed by atoms with van der Waals surface area (Å²) in [5.74, 6) is -0.102. The van der Waals surface area contributed by atoms with Gasteiger partial charge in [-0.05, 0) is 64.2 Å². The second kappa shape index (κ2) is 52.7. The summed E-state index contributed by atoms with van der Waals surface area (Å²) in [7, 11) is 0. The molecule has 0 radical (unpaired) electrons. The smallest absolute Gasteiger partial charge is 0.305 e. The fourth-order valence-electron chi connectivity index (χ4n) is 8.37. The first-order valence-corrected chi connectivity index (χ1v) is 27.8. The molecule has 0 aliphatic rings. The van der Waals surface area contributed by atoms with Gasteiger partial charge in [0.05, 0.1) is 25.4 Å². The van der Waals surface area contributed by atoms with E-state index in [0.717, 1.165) is 64.2 Å². The maximum atomic E-state index is 12.5. The monoisotopic (exact) mass is 886 g/mol. The van der Waals surface area contributed by atoms with Gasteiger partial charge in [0.15, 0.2) is 0 Å². The molecule has 0 aromatic rings. The fourth-order valence-corrected chi connectivity index (χ4v) is 8.37.